The van der Waals surface area contributed by atoms with Crippen molar-refractivity contribution in [1.29, 1.82) is 0 Å². The van der Waals surface area contributed by atoms with Crippen LogP contribution in [0.15, 0.2) is 69.4 Å². The van der Waals surface area contributed by atoms with Crippen LogP contribution in [-0.2, 0) is 0 Å². The summed E-state index contributed by atoms with van der Waals surface area (Å²) in [5.74, 6) is 0. The number of benzene rings is 2. The van der Waals surface area contributed by atoms with Crippen molar-refractivity contribution in [2.24, 2.45) is 10.3 Å². The van der Waals surface area contributed by atoms with Crippen molar-refractivity contribution in [3.05, 3.63) is 59.1 Å². The summed E-state index contributed by atoms with van der Waals surface area (Å²) in [5, 5.41) is 18.3. The fourth-order valence-corrected chi connectivity index (χ4v) is 3.37. The quantitative estimate of drug-likeness (QED) is 0.614. The average Bonchev–Trinajstić information content (AvgIpc) is 3.18. The molecule has 0 unspecified atom stereocenters. The second-order valence-electron chi connectivity index (χ2n) is 6.67. The lowest BCUT2D eigenvalue weighted by Crippen LogP contribution is -2.41. The Kier molecular flexibility index (Phi) is 5.31. The molecule has 2 heterocycles. The third-order valence-electron chi connectivity index (χ3n) is 4.64. The lowest BCUT2D eigenvalue weighted by molar-refractivity contribution is 0.150. The van der Waals surface area contributed by atoms with Gasteiger partial charge < -0.3 is 4.90 Å². The van der Waals surface area contributed by atoms with Crippen LogP contribution in [0.5, 0.6) is 0 Å². The zero-order valence-corrected chi connectivity index (χ0v) is 16.7. The summed E-state index contributed by atoms with van der Waals surface area (Å²) in [6, 6.07) is 18.2. The molecule has 0 bridgehead atoms. The van der Waals surface area contributed by atoms with E-state index in [1.807, 2.05) is 47.5 Å². The number of piperazine rings is 1. The lowest BCUT2D eigenvalue weighted by atomic mass is 10.1. The first-order chi connectivity index (χ1) is 13.2. The molecule has 138 valence electrons. The van der Waals surface area contributed by atoms with E-state index in [1.165, 1.54) is 0 Å². The van der Waals surface area contributed by atoms with Crippen LogP contribution in [0.25, 0.3) is 22.5 Å². The summed E-state index contributed by atoms with van der Waals surface area (Å²) < 4.78 is 1.04. The monoisotopic (exact) mass is 424 g/mol. The van der Waals surface area contributed by atoms with Crippen LogP contribution >= 0.6 is 15.9 Å². The Balaban J connectivity index is 1.45. The molecule has 7 heteroatoms. The number of H-pyrrole nitrogens is 1. The molecule has 1 saturated heterocycles. The van der Waals surface area contributed by atoms with E-state index in [9.17, 15) is 0 Å². The molecule has 0 spiro atoms. The molecule has 4 rings (SSSR count). The summed E-state index contributed by atoms with van der Waals surface area (Å²) in [6.07, 6.45) is 0. The number of aromatic amines is 1. The van der Waals surface area contributed by atoms with Crippen molar-refractivity contribution in [2.75, 3.05) is 33.2 Å². The van der Waals surface area contributed by atoms with Gasteiger partial charge in [-0.25, -0.2) is 0 Å². The first-order valence-corrected chi connectivity index (χ1v) is 9.74. The van der Waals surface area contributed by atoms with Crippen molar-refractivity contribution in [2.45, 2.75) is 0 Å². The molecule has 1 aliphatic heterocycles. The number of halogens is 1. The Morgan fingerprint density at radius 2 is 1.74 bits per heavy atom. The van der Waals surface area contributed by atoms with E-state index >= 15 is 0 Å². The molecule has 0 aliphatic carbocycles. The number of nitrogens with zero attached hydrogens (tertiary/aromatic N) is 5. The van der Waals surface area contributed by atoms with Crippen LogP contribution < -0.4 is 0 Å². The summed E-state index contributed by atoms with van der Waals surface area (Å²) in [4.78, 5) is 2.30. The van der Waals surface area contributed by atoms with Gasteiger partial charge in [0.1, 0.15) is 0 Å². The van der Waals surface area contributed by atoms with Crippen LogP contribution in [-0.4, -0.2) is 53.3 Å². The van der Waals surface area contributed by atoms with Gasteiger partial charge in [-0.3, -0.25) is 10.1 Å². The topological polar surface area (TPSA) is 59.9 Å². The average molecular weight is 425 g/mol. The number of aromatic nitrogens is 2. The minimum atomic E-state index is 0.851. The Bertz CT molecular complexity index is 926. The van der Waals surface area contributed by atoms with Crippen LogP contribution in [0.4, 0.5) is 5.69 Å². The number of likely N-dealkylation sites (N-methyl/N-ethyl adjacent to an activating group) is 1. The smallest absolute Gasteiger partial charge is 0.0927 e. The number of nitrogens with one attached hydrogen (secondary N) is 1. The molecular formula is C20H21BrN6. The van der Waals surface area contributed by atoms with E-state index in [2.05, 4.69) is 60.5 Å². The van der Waals surface area contributed by atoms with Gasteiger partial charge in [-0.05, 0) is 42.9 Å². The van der Waals surface area contributed by atoms with Crippen molar-refractivity contribution in [1.82, 2.24) is 20.1 Å². The molecule has 1 aliphatic rings. The molecule has 2 aromatic carbocycles. The molecule has 1 fully saturated rings. The van der Waals surface area contributed by atoms with Crippen LogP contribution in [0.1, 0.15) is 0 Å². The van der Waals surface area contributed by atoms with Crippen molar-refractivity contribution in [3.8, 4) is 22.5 Å². The lowest BCUT2D eigenvalue weighted by Gasteiger charge is -2.29. The van der Waals surface area contributed by atoms with Crippen LogP contribution in [0, 0.1) is 0 Å². The molecule has 3 aromatic rings. The highest BCUT2D eigenvalue weighted by Crippen LogP contribution is 2.27. The Morgan fingerprint density at radius 3 is 2.48 bits per heavy atom. The molecule has 0 atom stereocenters. The van der Waals surface area contributed by atoms with Gasteiger partial charge in [-0.1, -0.05) is 45.4 Å². The highest BCUT2D eigenvalue weighted by molar-refractivity contribution is 9.10. The highest BCUT2D eigenvalue weighted by atomic mass is 79.9. The molecule has 27 heavy (non-hydrogen) atoms. The van der Waals surface area contributed by atoms with Gasteiger partial charge in [-0.2, -0.15) is 5.10 Å². The number of hydrogen-bond donors (Lipinski definition) is 1. The number of rotatable bonds is 4. The third-order valence-corrected chi connectivity index (χ3v) is 5.14. The first-order valence-electron chi connectivity index (χ1n) is 8.94. The molecule has 6 nitrogen and oxygen atoms in total. The van der Waals surface area contributed by atoms with Gasteiger partial charge >= 0.3 is 0 Å². The third kappa shape index (κ3) is 4.43. The molecular weight excluding hydrogens is 404 g/mol. The molecule has 1 N–H and O–H groups in total. The van der Waals surface area contributed by atoms with Gasteiger partial charge in [0.25, 0.3) is 0 Å². The minimum Gasteiger partial charge on any atom is -0.303 e. The van der Waals surface area contributed by atoms with E-state index in [0.29, 0.717) is 0 Å². The second-order valence-corrected chi connectivity index (χ2v) is 7.59. The number of hydrogen-bond acceptors (Lipinski definition) is 4. The SMILES string of the molecule is CN1CCN(N=Nc2ccc(-c3cc(-c4cccc(Br)c4)n[nH]3)cc2)CC1. The van der Waals surface area contributed by atoms with Crippen molar-refractivity contribution in [3.63, 3.8) is 0 Å². The van der Waals surface area contributed by atoms with E-state index in [4.69, 9.17) is 0 Å². The van der Waals surface area contributed by atoms with Crippen LogP contribution in [0.3, 0.4) is 0 Å². The van der Waals surface area contributed by atoms with Gasteiger partial charge in [0.15, 0.2) is 0 Å². The van der Waals surface area contributed by atoms with Gasteiger partial charge in [0.05, 0.1) is 30.2 Å². The molecule has 0 amide bonds. The summed E-state index contributed by atoms with van der Waals surface area (Å²) >= 11 is 3.50. The molecule has 0 saturated carbocycles. The van der Waals surface area contributed by atoms with Gasteiger partial charge in [-0.15, -0.1) is 5.11 Å². The van der Waals surface area contributed by atoms with E-state index in [0.717, 1.165) is 58.9 Å². The van der Waals surface area contributed by atoms with E-state index in [-0.39, 0.29) is 0 Å². The Labute approximate surface area is 167 Å². The van der Waals surface area contributed by atoms with Crippen molar-refractivity contribution < 1.29 is 0 Å². The molecule has 1 aromatic heterocycles. The summed E-state index contributed by atoms with van der Waals surface area (Å²) in [7, 11) is 2.13. The zero-order valence-electron chi connectivity index (χ0n) is 15.1. The van der Waals surface area contributed by atoms with Gasteiger partial charge in [0.2, 0.25) is 0 Å². The highest BCUT2D eigenvalue weighted by Gasteiger charge is 2.11. The second kappa shape index (κ2) is 8.02. The largest absolute Gasteiger partial charge is 0.303 e. The zero-order chi connectivity index (χ0) is 18.6. The summed E-state index contributed by atoms with van der Waals surface area (Å²) in [5.41, 5.74) is 4.90. The Morgan fingerprint density at radius 1 is 0.963 bits per heavy atom. The summed E-state index contributed by atoms with van der Waals surface area (Å²) in [6.45, 7) is 3.89. The van der Waals surface area contributed by atoms with E-state index < -0.39 is 0 Å². The predicted molar refractivity (Wildman–Crippen MR) is 111 cm³/mol. The van der Waals surface area contributed by atoms with Crippen LogP contribution in [0.2, 0.25) is 0 Å². The maximum atomic E-state index is 4.43. The van der Waals surface area contributed by atoms with Crippen molar-refractivity contribution >= 4 is 21.6 Å². The fourth-order valence-electron chi connectivity index (χ4n) is 2.97. The molecule has 0 radical (unpaired) electrons. The minimum absolute atomic E-state index is 0.851. The maximum absolute atomic E-state index is 4.43. The normalized spacial score (nSPS) is 15.6. The predicted octanol–water partition coefficient (Wildman–Crippen LogP) is 4.75. The Hall–Kier alpha value is -2.51. The van der Waals surface area contributed by atoms with E-state index in [1.54, 1.807) is 0 Å². The van der Waals surface area contributed by atoms with Gasteiger partial charge in [0, 0.05) is 23.1 Å². The fraction of sp³-hybridized carbons (Fsp3) is 0.250. The standard InChI is InChI=1S/C20H21BrN6/c1-26-9-11-27(12-10-26)25-22-18-7-5-15(6-8-18)19-14-20(24-23-19)16-3-2-4-17(21)13-16/h2-8,13-14H,9-12H2,1H3,(H,23,24). The first kappa shape index (κ1) is 17.9. The maximum Gasteiger partial charge on any atom is 0.0927 e.